The summed E-state index contributed by atoms with van der Waals surface area (Å²) >= 11 is 0. The number of nitrogens with zero attached hydrogens (tertiary/aromatic N) is 4. The van der Waals surface area contributed by atoms with Gasteiger partial charge in [-0.3, -0.25) is 4.79 Å². The predicted molar refractivity (Wildman–Crippen MR) is 83.7 cm³/mol. The van der Waals surface area contributed by atoms with E-state index in [2.05, 4.69) is 9.88 Å². The standard InChI is InChI=1S/C16H18N4O2/c1-10-9-20(6-5-14(10)21)13-7-15(22)19(2)12-4-3-11(8-17)18-16(12)13/h3-4,7,10,14,21H,5-6,9H2,1-2H3. The third-order valence-electron chi connectivity index (χ3n) is 4.38. The third kappa shape index (κ3) is 2.34. The van der Waals surface area contributed by atoms with Crippen LogP contribution in [-0.2, 0) is 7.05 Å². The molecule has 0 amide bonds. The molecule has 22 heavy (non-hydrogen) atoms. The van der Waals surface area contributed by atoms with Gasteiger partial charge in [-0.2, -0.15) is 5.26 Å². The lowest BCUT2D eigenvalue weighted by Crippen LogP contribution is -2.42. The maximum atomic E-state index is 12.2. The number of nitriles is 1. The lowest BCUT2D eigenvalue weighted by molar-refractivity contribution is 0.0971. The average molecular weight is 298 g/mol. The fourth-order valence-electron chi connectivity index (χ4n) is 2.97. The van der Waals surface area contributed by atoms with Gasteiger partial charge in [0.25, 0.3) is 5.56 Å². The first-order chi connectivity index (χ1) is 10.5. The summed E-state index contributed by atoms with van der Waals surface area (Å²) in [6, 6.07) is 6.99. The first kappa shape index (κ1) is 14.5. The molecule has 1 N–H and O–H groups in total. The first-order valence-corrected chi connectivity index (χ1v) is 7.35. The van der Waals surface area contributed by atoms with Gasteiger partial charge in [0.1, 0.15) is 17.3 Å². The Labute approximate surface area is 128 Å². The van der Waals surface area contributed by atoms with Gasteiger partial charge in [-0.1, -0.05) is 6.92 Å². The number of piperidine rings is 1. The number of aliphatic hydroxyl groups is 1. The molecule has 114 valence electrons. The molecule has 0 saturated carbocycles. The van der Waals surface area contributed by atoms with Crippen molar-refractivity contribution in [2.24, 2.45) is 13.0 Å². The molecule has 3 rings (SSSR count). The number of hydrogen-bond donors (Lipinski definition) is 1. The van der Waals surface area contributed by atoms with Crippen molar-refractivity contribution in [1.82, 2.24) is 9.55 Å². The number of fused-ring (bicyclic) bond motifs is 1. The van der Waals surface area contributed by atoms with Crippen LogP contribution in [0.2, 0.25) is 0 Å². The van der Waals surface area contributed by atoms with Crippen LogP contribution < -0.4 is 10.5 Å². The zero-order valence-corrected chi connectivity index (χ0v) is 12.7. The maximum Gasteiger partial charge on any atom is 0.252 e. The van der Waals surface area contributed by atoms with E-state index >= 15 is 0 Å². The third-order valence-corrected chi connectivity index (χ3v) is 4.38. The summed E-state index contributed by atoms with van der Waals surface area (Å²) in [5.41, 5.74) is 2.34. The molecular weight excluding hydrogens is 280 g/mol. The Morgan fingerprint density at radius 1 is 1.45 bits per heavy atom. The van der Waals surface area contributed by atoms with E-state index in [1.165, 1.54) is 4.57 Å². The van der Waals surface area contributed by atoms with Gasteiger partial charge in [0.05, 0.1) is 17.3 Å². The highest BCUT2D eigenvalue weighted by molar-refractivity contribution is 5.88. The minimum Gasteiger partial charge on any atom is -0.393 e. The summed E-state index contributed by atoms with van der Waals surface area (Å²) in [5.74, 6) is 0.131. The van der Waals surface area contributed by atoms with Gasteiger partial charge in [0, 0.05) is 26.2 Å². The Hall–Kier alpha value is -2.39. The van der Waals surface area contributed by atoms with Crippen molar-refractivity contribution in [1.29, 1.82) is 5.26 Å². The van der Waals surface area contributed by atoms with Crippen molar-refractivity contribution in [3.63, 3.8) is 0 Å². The van der Waals surface area contributed by atoms with Crippen LogP contribution in [0.3, 0.4) is 0 Å². The molecule has 0 radical (unpaired) electrons. The molecule has 2 unspecified atom stereocenters. The number of aliphatic hydroxyl groups excluding tert-OH is 1. The second kappa shape index (κ2) is 5.43. The number of aryl methyl sites for hydroxylation is 1. The fourth-order valence-corrected chi connectivity index (χ4v) is 2.97. The molecule has 1 saturated heterocycles. The summed E-state index contributed by atoms with van der Waals surface area (Å²) in [6.07, 6.45) is 0.354. The van der Waals surface area contributed by atoms with Crippen molar-refractivity contribution in [3.8, 4) is 6.07 Å². The molecule has 0 bridgehead atoms. The molecule has 2 aromatic heterocycles. The van der Waals surface area contributed by atoms with E-state index < -0.39 is 0 Å². The normalized spacial score (nSPS) is 21.8. The molecule has 3 heterocycles. The van der Waals surface area contributed by atoms with Crippen LogP contribution in [0.15, 0.2) is 23.0 Å². The van der Waals surface area contributed by atoms with Gasteiger partial charge >= 0.3 is 0 Å². The molecular formula is C16H18N4O2. The van der Waals surface area contributed by atoms with E-state index in [-0.39, 0.29) is 17.6 Å². The zero-order chi connectivity index (χ0) is 15.9. The van der Waals surface area contributed by atoms with Gasteiger partial charge < -0.3 is 14.6 Å². The Morgan fingerprint density at radius 3 is 2.91 bits per heavy atom. The smallest absolute Gasteiger partial charge is 0.252 e. The van der Waals surface area contributed by atoms with Crippen LogP contribution in [0.4, 0.5) is 5.69 Å². The lowest BCUT2D eigenvalue weighted by Gasteiger charge is -2.36. The highest BCUT2D eigenvalue weighted by Crippen LogP contribution is 2.28. The van der Waals surface area contributed by atoms with Crippen LogP contribution in [0, 0.1) is 17.2 Å². The summed E-state index contributed by atoms with van der Waals surface area (Å²) in [6.45, 7) is 3.34. The summed E-state index contributed by atoms with van der Waals surface area (Å²) in [5, 5.41) is 19.0. The van der Waals surface area contributed by atoms with Crippen LogP contribution in [0.5, 0.6) is 0 Å². The van der Waals surface area contributed by atoms with Crippen LogP contribution in [0.1, 0.15) is 19.0 Å². The second-order valence-corrected chi connectivity index (χ2v) is 5.88. The van der Waals surface area contributed by atoms with Gasteiger partial charge in [0.2, 0.25) is 0 Å². The van der Waals surface area contributed by atoms with Crippen LogP contribution in [-0.4, -0.2) is 33.9 Å². The Morgan fingerprint density at radius 2 is 2.23 bits per heavy atom. The van der Waals surface area contributed by atoms with Gasteiger partial charge in [-0.05, 0) is 24.5 Å². The Bertz CT molecular complexity index is 821. The molecule has 0 aromatic carbocycles. The predicted octanol–water partition coefficient (Wildman–Crippen LogP) is 1.01. The number of rotatable bonds is 1. The molecule has 6 nitrogen and oxygen atoms in total. The van der Waals surface area contributed by atoms with Crippen LogP contribution in [0.25, 0.3) is 11.0 Å². The lowest BCUT2D eigenvalue weighted by atomic mass is 9.96. The molecule has 0 aliphatic carbocycles. The number of anilines is 1. The molecule has 6 heteroatoms. The van der Waals surface area contributed by atoms with E-state index in [9.17, 15) is 9.90 Å². The number of pyridine rings is 2. The Kier molecular flexibility index (Phi) is 3.59. The summed E-state index contributed by atoms with van der Waals surface area (Å²) < 4.78 is 1.54. The average Bonchev–Trinajstić information content (AvgIpc) is 2.53. The van der Waals surface area contributed by atoms with E-state index in [4.69, 9.17) is 5.26 Å². The van der Waals surface area contributed by atoms with Crippen molar-refractivity contribution < 1.29 is 5.11 Å². The molecule has 1 aliphatic heterocycles. The summed E-state index contributed by atoms with van der Waals surface area (Å²) in [7, 11) is 1.70. The van der Waals surface area contributed by atoms with Crippen molar-refractivity contribution in [2.45, 2.75) is 19.4 Å². The van der Waals surface area contributed by atoms with E-state index in [1.54, 1.807) is 25.2 Å². The largest absolute Gasteiger partial charge is 0.393 e. The molecule has 2 aromatic rings. The minimum absolute atomic E-state index is 0.104. The topological polar surface area (TPSA) is 82.2 Å². The van der Waals surface area contributed by atoms with E-state index in [1.807, 2.05) is 13.0 Å². The Balaban J connectivity index is 2.18. The molecule has 2 atom stereocenters. The van der Waals surface area contributed by atoms with Crippen LogP contribution >= 0.6 is 0 Å². The van der Waals surface area contributed by atoms with Gasteiger partial charge in [-0.25, -0.2) is 4.98 Å². The number of aromatic nitrogens is 2. The number of hydrogen-bond acceptors (Lipinski definition) is 5. The highest BCUT2D eigenvalue weighted by atomic mass is 16.3. The van der Waals surface area contributed by atoms with E-state index in [0.717, 1.165) is 5.69 Å². The molecule has 0 spiro atoms. The quantitative estimate of drug-likeness (QED) is 0.849. The zero-order valence-electron chi connectivity index (χ0n) is 12.7. The van der Waals surface area contributed by atoms with E-state index in [0.29, 0.717) is 36.2 Å². The van der Waals surface area contributed by atoms with Crippen molar-refractivity contribution >= 4 is 16.7 Å². The first-order valence-electron chi connectivity index (χ1n) is 7.35. The maximum absolute atomic E-state index is 12.2. The highest BCUT2D eigenvalue weighted by Gasteiger charge is 2.26. The van der Waals surface area contributed by atoms with Crippen molar-refractivity contribution in [2.75, 3.05) is 18.0 Å². The van der Waals surface area contributed by atoms with Gasteiger partial charge in [0.15, 0.2) is 0 Å². The molecule has 1 fully saturated rings. The summed E-state index contributed by atoms with van der Waals surface area (Å²) in [4.78, 5) is 18.7. The minimum atomic E-state index is -0.309. The van der Waals surface area contributed by atoms with Gasteiger partial charge in [-0.15, -0.1) is 0 Å². The fraction of sp³-hybridized carbons (Fsp3) is 0.438. The molecule has 1 aliphatic rings. The second-order valence-electron chi connectivity index (χ2n) is 5.88. The monoisotopic (exact) mass is 298 g/mol. The SMILES string of the molecule is CC1CN(c2cc(=O)n(C)c3ccc(C#N)nc23)CCC1O. The van der Waals surface area contributed by atoms with Crippen molar-refractivity contribution in [3.05, 3.63) is 34.2 Å².